The predicted octanol–water partition coefficient (Wildman–Crippen LogP) is 2.62. The smallest absolute Gasteiger partial charge is 0.0987 e. The Morgan fingerprint density at radius 1 is 1.20 bits per heavy atom. The zero-order chi connectivity index (χ0) is 10.3. The number of rotatable bonds is 1. The Balaban J connectivity index is 2.17. The number of benzene rings is 1. The van der Waals surface area contributed by atoms with Crippen LogP contribution in [0.2, 0.25) is 0 Å². The number of hydrogen-bond donors (Lipinski definition) is 1. The molecule has 3 rings (SSSR count). The third kappa shape index (κ3) is 1.32. The molecule has 1 heterocycles. The van der Waals surface area contributed by atoms with Gasteiger partial charge in [0.25, 0.3) is 0 Å². The van der Waals surface area contributed by atoms with Crippen LogP contribution in [0.3, 0.4) is 0 Å². The lowest BCUT2D eigenvalue weighted by molar-refractivity contribution is 0.232. The molecular weight excluding hydrogens is 206 g/mol. The molecule has 1 aromatic heterocycles. The fraction of sp³-hybridized carbons (Fsp3) is 0.0833. The van der Waals surface area contributed by atoms with Gasteiger partial charge in [0.05, 0.1) is 11.8 Å². The van der Waals surface area contributed by atoms with E-state index < -0.39 is 6.10 Å². The Bertz CT molecular complexity index is 516. The van der Waals surface area contributed by atoms with E-state index in [0.29, 0.717) is 0 Å². The van der Waals surface area contributed by atoms with Gasteiger partial charge in [-0.1, -0.05) is 24.3 Å². The van der Waals surface area contributed by atoms with Crippen molar-refractivity contribution in [2.75, 3.05) is 0 Å². The molecule has 0 amide bonds. The van der Waals surface area contributed by atoms with E-state index in [0.717, 1.165) is 22.4 Å². The first-order valence-electron chi connectivity index (χ1n) is 4.76. The van der Waals surface area contributed by atoms with Crippen molar-refractivity contribution in [2.45, 2.75) is 6.10 Å². The fourth-order valence-electron chi connectivity index (χ4n) is 1.91. The molecule has 1 aliphatic carbocycles. The fourth-order valence-corrected chi connectivity index (χ4v) is 2.44. The lowest BCUT2D eigenvalue weighted by Gasteiger charge is -2.03. The summed E-state index contributed by atoms with van der Waals surface area (Å²) in [5, 5.41) is 11.8. The maximum Gasteiger partial charge on any atom is 0.0987 e. The van der Waals surface area contributed by atoms with E-state index in [9.17, 15) is 5.11 Å². The van der Waals surface area contributed by atoms with Crippen LogP contribution in [0.25, 0.3) is 5.57 Å². The summed E-state index contributed by atoms with van der Waals surface area (Å²) in [6.45, 7) is 0. The predicted molar refractivity (Wildman–Crippen MR) is 60.6 cm³/mol. The van der Waals surface area contributed by atoms with Crippen LogP contribution in [0.15, 0.2) is 41.8 Å². The lowest BCUT2D eigenvalue weighted by atomic mass is 10.0. The van der Waals surface area contributed by atoms with Crippen molar-refractivity contribution < 1.29 is 5.11 Å². The van der Waals surface area contributed by atoms with Gasteiger partial charge < -0.3 is 5.11 Å². The third-order valence-corrected chi connectivity index (χ3v) is 3.17. The van der Waals surface area contributed by atoms with Gasteiger partial charge in [-0.05, 0) is 34.8 Å². The maximum absolute atomic E-state index is 9.85. The highest BCUT2D eigenvalue weighted by Gasteiger charge is 2.22. The van der Waals surface area contributed by atoms with Gasteiger partial charge in [-0.15, -0.1) is 0 Å². The van der Waals surface area contributed by atoms with E-state index in [2.05, 4.69) is 4.37 Å². The Labute approximate surface area is 91.7 Å². The first-order chi connectivity index (χ1) is 7.36. The van der Waals surface area contributed by atoms with Crippen molar-refractivity contribution in [1.82, 2.24) is 4.37 Å². The SMILES string of the molecule is OC1C=C(c2ccsn2)c2ccccc21. The van der Waals surface area contributed by atoms with E-state index in [4.69, 9.17) is 0 Å². The van der Waals surface area contributed by atoms with Gasteiger partial charge in [0, 0.05) is 11.0 Å². The van der Waals surface area contributed by atoms with Gasteiger partial charge in [0.2, 0.25) is 0 Å². The summed E-state index contributed by atoms with van der Waals surface area (Å²) in [6, 6.07) is 9.88. The molecule has 74 valence electrons. The van der Waals surface area contributed by atoms with Gasteiger partial charge in [-0.2, -0.15) is 4.37 Å². The van der Waals surface area contributed by atoms with E-state index in [1.807, 2.05) is 41.8 Å². The topological polar surface area (TPSA) is 33.1 Å². The van der Waals surface area contributed by atoms with Gasteiger partial charge in [-0.25, -0.2) is 0 Å². The van der Waals surface area contributed by atoms with Crippen molar-refractivity contribution >= 4 is 17.1 Å². The molecule has 1 aromatic carbocycles. The summed E-state index contributed by atoms with van der Waals surface area (Å²) in [7, 11) is 0. The Hall–Kier alpha value is -1.45. The van der Waals surface area contributed by atoms with E-state index in [-0.39, 0.29) is 0 Å². The van der Waals surface area contributed by atoms with Crippen LogP contribution in [0, 0.1) is 0 Å². The summed E-state index contributed by atoms with van der Waals surface area (Å²) in [6.07, 6.45) is 1.37. The highest BCUT2D eigenvalue weighted by Crippen LogP contribution is 2.37. The number of hydrogen-bond acceptors (Lipinski definition) is 3. The van der Waals surface area contributed by atoms with Gasteiger partial charge in [-0.3, -0.25) is 0 Å². The van der Waals surface area contributed by atoms with Crippen LogP contribution in [-0.4, -0.2) is 9.48 Å². The molecule has 2 nitrogen and oxygen atoms in total. The molecule has 0 saturated heterocycles. The molecule has 0 fully saturated rings. The second-order valence-corrected chi connectivity index (χ2v) is 4.16. The summed E-state index contributed by atoms with van der Waals surface area (Å²) >= 11 is 1.43. The summed E-state index contributed by atoms with van der Waals surface area (Å²) in [4.78, 5) is 0. The minimum absolute atomic E-state index is 0.488. The maximum atomic E-state index is 9.85. The van der Waals surface area contributed by atoms with Crippen LogP contribution < -0.4 is 0 Å². The van der Waals surface area contributed by atoms with Crippen molar-refractivity contribution in [2.24, 2.45) is 0 Å². The summed E-state index contributed by atoms with van der Waals surface area (Å²) in [5.41, 5.74) is 4.06. The van der Waals surface area contributed by atoms with E-state index in [1.165, 1.54) is 11.5 Å². The average Bonchev–Trinajstić information content (AvgIpc) is 2.87. The first kappa shape index (κ1) is 8.83. The minimum Gasteiger partial charge on any atom is -0.384 e. The standard InChI is InChI=1S/C12H9NOS/c14-12-7-10(11-5-6-15-13-11)8-3-1-2-4-9(8)12/h1-7,12,14H. The number of aliphatic hydroxyl groups excluding tert-OH is 1. The minimum atomic E-state index is -0.488. The molecular formula is C12H9NOS. The molecule has 1 aliphatic rings. The zero-order valence-electron chi connectivity index (χ0n) is 7.92. The molecule has 15 heavy (non-hydrogen) atoms. The van der Waals surface area contributed by atoms with Gasteiger partial charge >= 0.3 is 0 Å². The Morgan fingerprint density at radius 2 is 2.07 bits per heavy atom. The van der Waals surface area contributed by atoms with Crippen LogP contribution in [0.1, 0.15) is 22.9 Å². The highest BCUT2D eigenvalue weighted by atomic mass is 32.1. The van der Waals surface area contributed by atoms with Crippen molar-refractivity contribution in [1.29, 1.82) is 0 Å². The van der Waals surface area contributed by atoms with Crippen LogP contribution in [0.4, 0.5) is 0 Å². The van der Waals surface area contributed by atoms with Crippen molar-refractivity contribution in [3.63, 3.8) is 0 Å². The number of aliphatic hydroxyl groups is 1. The zero-order valence-corrected chi connectivity index (χ0v) is 8.74. The number of nitrogens with zero attached hydrogens (tertiary/aromatic N) is 1. The summed E-state index contributed by atoms with van der Waals surface area (Å²) < 4.78 is 4.29. The lowest BCUT2D eigenvalue weighted by Crippen LogP contribution is -1.89. The Morgan fingerprint density at radius 3 is 2.87 bits per heavy atom. The molecule has 0 bridgehead atoms. The normalized spacial score (nSPS) is 18.7. The molecule has 1 atom stereocenters. The Kier molecular flexibility index (Phi) is 1.94. The van der Waals surface area contributed by atoms with Crippen molar-refractivity contribution in [3.8, 4) is 0 Å². The van der Waals surface area contributed by atoms with E-state index >= 15 is 0 Å². The second kappa shape index (κ2) is 3.29. The van der Waals surface area contributed by atoms with Crippen LogP contribution >= 0.6 is 11.5 Å². The highest BCUT2D eigenvalue weighted by molar-refractivity contribution is 7.03. The number of fused-ring (bicyclic) bond motifs is 1. The molecule has 2 aromatic rings. The monoisotopic (exact) mass is 215 g/mol. The molecule has 0 radical (unpaired) electrons. The van der Waals surface area contributed by atoms with Gasteiger partial charge in [0.1, 0.15) is 0 Å². The largest absolute Gasteiger partial charge is 0.384 e. The van der Waals surface area contributed by atoms with Crippen molar-refractivity contribution in [3.05, 3.63) is 58.6 Å². The number of aromatic nitrogens is 1. The van der Waals surface area contributed by atoms with Gasteiger partial charge in [0.15, 0.2) is 0 Å². The second-order valence-electron chi connectivity index (χ2n) is 3.50. The average molecular weight is 215 g/mol. The molecule has 0 spiro atoms. The molecule has 1 unspecified atom stereocenters. The summed E-state index contributed by atoms with van der Waals surface area (Å²) in [5.74, 6) is 0. The van der Waals surface area contributed by atoms with E-state index in [1.54, 1.807) is 0 Å². The molecule has 3 heteroatoms. The van der Waals surface area contributed by atoms with Crippen LogP contribution in [-0.2, 0) is 0 Å². The molecule has 0 aliphatic heterocycles. The molecule has 1 N–H and O–H groups in total. The quantitative estimate of drug-likeness (QED) is 0.793. The first-order valence-corrected chi connectivity index (χ1v) is 5.60. The molecule has 0 saturated carbocycles. The van der Waals surface area contributed by atoms with Crippen LogP contribution in [0.5, 0.6) is 0 Å². The third-order valence-electron chi connectivity index (χ3n) is 2.61.